The highest BCUT2D eigenvalue weighted by Gasteiger charge is 2.38. The van der Waals surface area contributed by atoms with Gasteiger partial charge in [0.1, 0.15) is 5.82 Å². The summed E-state index contributed by atoms with van der Waals surface area (Å²) in [4.78, 5) is 0. The summed E-state index contributed by atoms with van der Waals surface area (Å²) < 4.78 is 20.8. The van der Waals surface area contributed by atoms with Crippen molar-refractivity contribution in [3.63, 3.8) is 0 Å². The first-order valence-electron chi connectivity index (χ1n) is 7.36. The third-order valence-corrected chi connectivity index (χ3v) is 4.56. The van der Waals surface area contributed by atoms with E-state index in [1.165, 1.54) is 6.07 Å². The van der Waals surface area contributed by atoms with Crippen molar-refractivity contribution in [2.75, 3.05) is 13.2 Å². The van der Waals surface area contributed by atoms with Gasteiger partial charge in [0.15, 0.2) is 0 Å². The molecule has 112 valence electrons. The Balaban J connectivity index is 2.14. The second kappa shape index (κ2) is 7.01. The zero-order chi connectivity index (χ0) is 14.6. The standard InChI is InChI=1S/C16H23BrFNO/c1-3-8-19-15(16(2)7-4-9-20-16)10-12-5-6-13(17)11-14(12)18/h5-6,11,15,19H,3-4,7-10H2,1-2H3. The van der Waals surface area contributed by atoms with Crippen LogP contribution in [0.4, 0.5) is 4.39 Å². The van der Waals surface area contributed by atoms with Crippen LogP contribution in [0.2, 0.25) is 0 Å². The maximum atomic E-state index is 14.0. The summed E-state index contributed by atoms with van der Waals surface area (Å²) in [5.74, 6) is -0.149. The molecular formula is C16H23BrFNO. The van der Waals surface area contributed by atoms with Gasteiger partial charge in [-0.05, 0) is 56.8 Å². The summed E-state index contributed by atoms with van der Waals surface area (Å²) in [6.45, 7) is 6.03. The molecule has 0 radical (unpaired) electrons. The van der Waals surface area contributed by atoms with Crippen molar-refractivity contribution < 1.29 is 9.13 Å². The lowest BCUT2D eigenvalue weighted by Crippen LogP contribution is -2.50. The van der Waals surface area contributed by atoms with Crippen LogP contribution in [-0.4, -0.2) is 24.8 Å². The Morgan fingerprint density at radius 2 is 2.30 bits per heavy atom. The molecule has 2 nitrogen and oxygen atoms in total. The Hall–Kier alpha value is -0.450. The molecule has 1 N–H and O–H groups in total. The molecule has 0 saturated carbocycles. The lowest BCUT2D eigenvalue weighted by atomic mass is 9.88. The molecule has 0 aliphatic carbocycles. The average Bonchev–Trinajstić information content (AvgIpc) is 2.84. The van der Waals surface area contributed by atoms with Gasteiger partial charge in [-0.1, -0.05) is 28.9 Å². The number of halogens is 2. The fourth-order valence-corrected chi connectivity index (χ4v) is 3.14. The molecule has 2 rings (SSSR count). The molecule has 2 atom stereocenters. The summed E-state index contributed by atoms with van der Waals surface area (Å²) in [6.07, 6.45) is 3.85. The van der Waals surface area contributed by atoms with Gasteiger partial charge in [-0.25, -0.2) is 4.39 Å². The van der Waals surface area contributed by atoms with Crippen molar-refractivity contribution in [2.45, 2.75) is 51.2 Å². The Bertz CT molecular complexity index is 446. The molecular weight excluding hydrogens is 321 g/mol. The summed E-state index contributed by atoms with van der Waals surface area (Å²) in [5.41, 5.74) is 0.563. The minimum Gasteiger partial charge on any atom is -0.374 e. The van der Waals surface area contributed by atoms with Gasteiger partial charge in [-0.2, -0.15) is 0 Å². The minimum absolute atomic E-state index is 0.149. The minimum atomic E-state index is -0.186. The van der Waals surface area contributed by atoms with Crippen LogP contribution in [0.15, 0.2) is 22.7 Å². The predicted octanol–water partition coefficient (Wildman–Crippen LogP) is 4.07. The molecule has 1 aromatic rings. The van der Waals surface area contributed by atoms with E-state index in [1.807, 2.05) is 12.1 Å². The van der Waals surface area contributed by atoms with Crippen molar-refractivity contribution >= 4 is 15.9 Å². The third-order valence-electron chi connectivity index (χ3n) is 4.07. The highest BCUT2D eigenvalue weighted by atomic mass is 79.9. The maximum Gasteiger partial charge on any atom is 0.127 e. The predicted molar refractivity (Wildman–Crippen MR) is 83.5 cm³/mol. The van der Waals surface area contributed by atoms with E-state index in [4.69, 9.17) is 4.74 Å². The monoisotopic (exact) mass is 343 g/mol. The van der Waals surface area contributed by atoms with Crippen molar-refractivity contribution in [2.24, 2.45) is 0 Å². The van der Waals surface area contributed by atoms with E-state index in [-0.39, 0.29) is 17.5 Å². The molecule has 1 aromatic carbocycles. The van der Waals surface area contributed by atoms with E-state index < -0.39 is 0 Å². The lowest BCUT2D eigenvalue weighted by molar-refractivity contribution is -0.0116. The van der Waals surface area contributed by atoms with E-state index in [1.54, 1.807) is 0 Å². The summed E-state index contributed by atoms with van der Waals surface area (Å²) in [7, 11) is 0. The van der Waals surface area contributed by atoms with Crippen molar-refractivity contribution in [1.82, 2.24) is 5.32 Å². The fourth-order valence-electron chi connectivity index (χ4n) is 2.81. The van der Waals surface area contributed by atoms with Crippen molar-refractivity contribution in [3.8, 4) is 0 Å². The summed E-state index contributed by atoms with van der Waals surface area (Å²) in [6, 6.07) is 5.44. The summed E-state index contributed by atoms with van der Waals surface area (Å²) in [5, 5.41) is 3.54. The van der Waals surface area contributed by atoms with Gasteiger partial charge in [-0.3, -0.25) is 0 Å². The average molecular weight is 344 g/mol. The SMILES string of the molecule is CCCNC(Cc1ccc(Br)cc1F)C1(C)CCCO1. The fraction of sp³-hybridized carbons (Fsp3) is 0.625. The van der Waals surface area contributed by atoms with Gasteiger partial charge < -0.3 is 10.1 Å². The van der Waals surface area contributed by atoms with Gasteiger partial charge in [0.2, 0.25) is 0 Å². The Morgan fingerprint density at radius 1 is 1.50 bits per heavy atom. The Morgan fingerprint density at radius 3 is 2.90 bits per heavy atom. The van der Waals surface area contributed by atoms with Crippen LogP contribution in [0.3, 0.4) is 0 Å². The Kier molecular flexibility index (Phi) is 5.58. The van der Waals surface area contributed by atoms with Gasteiger partial charge in [0.25, 0.3) is 0 Å². The van der Waals surface area contributed by atoms with E-state index in [0.29, 0.717) is 6.42 Å². The van der Waals surface area contributed by atoms with E-state index in [9.17, 15) is 4.39 Å². The number of rotatable bonds is 6. The molecule has 0 spiro atoms. The Labute approximate surface area is 129 Å². The van der Waals surface area contributed by atoms with Gasteiger partial charge in [-0.15, -0.1) is 0 Å². The van der Waals surface area contributed by atoms with Gasteiger partial charge in [0, 0.05) is 17.1 Å². The highest BCUT2D eigenvalue weighted by molar-refractivity contribution is 9.10. The van der Waals surface area contributed by atoms with E-state index in [0.717, 1.165) is 42.5 Å². The molecule has 2 unspecified atom stereocenters. The second-order valence-electron chi connectivity index (χ2n) is 5.71. The molecule has 0 bridgehead atoms. The maximum absolute atomic E-state index is 14.0. The molecule has 4 heteroatoms. The lowest BCUT2D eigenvalue weighted by Gasteiger charge is -2.34. The molecule has 1 heterocycles. The topological polar surface area (TPSA) is 21.3 Å². The second-order valence-corrected chi connectivity index (χ2v) is 6.63. The van der Waals surface area contributed by atoms with Crippen LogP contribution >= 0.6 is 15.9 Å². The van der Waals surface area contributed by atoms with Crippen LogP contribution in [-0.2, 0) is 11.2 Å². The first-order valence-corrected chi connectivity index (χ1v) is 8.16. The quantitative estimate of drug-likeness (QED) is 0.840. The number of benzene rings is 1. The highest BCUT2D eigenvalue weighted by Crippen LogP contribution is 2.31. The largest absolute Gasteiger partial charge is 0.374 e. The van der Waals surface area contributed by atoms with Crippen molar-refractivity contribution in [3.05, 3.63) is 34.1 Å². The van der Waals surface area contributed by atoms with Gasteiger partial charge in [0.05, 0.1) is 5.60 Å². The first kappa shape index (κ1) is 15.9. The first-order chi connectivity index (χ1) is 9.55. The molecule has 0 amide bonds. The van der Waals surface area contributed by atoms with E-state index >= 15 is 0 Å². The third kappa shape index (κ3) is 3.80. The van der Waals surface area contributed by atoms with Gasteiger partial charge >= 0.3 is 0 Å². The van der Waals surface area contributed by atoms with Crippen LogP contribution in [0, 0.1) is 5.82 Å². The number of ether oxygens (including phenoxy) is 1. The zero-order valence-electron chi connectivity index (χ0n) is 12.2. The number of nitrogens with one attached hydrogen (secondary N) is 1. The number of hydrogen-bond donors (Lipinski definition) is 1. The number of hydrogen-bond acceptors (Lipinski definition) is 2. The van der Waals surface area contributed by atoms with Crippen LogP contribution in [0.5, 0.6) is 0 Å². The van der Waals surface area contributed by atoms with E-state index in [2.05, 4.69) is 35.1 Å². The summed E-state index contributed by atoms with van der Waals surface area (Å²) >= 11 is 3.30. The smallest absolute Gasteiger partial charge is 0.127 e. The van der Waals surface area contributed by atoms with Crippen LogP contribution in [0.1, 0.15) is 38.7 Å². The molecule has 1 aliphatic rings. The zero-order valence-corrected chi connectivity index (χ0v) is 13.8. The van der Waals surface area contributed by atoms with Crippen LogP contribution < -0.4 is 5.32 Å². The van der Waals surface area contributed by atoms with Crippen LogP contribution in [0.25, 0.3) is 0 Å². The van der Waals surface area contributed by atoms with Crippen molar-refractivity contribution in [1.29, 1.82) is 0 Å². The molecule has 0 aromatic heterocycles. The molecule has 1 aliphatic heterocycles. The molecule has 1 fully saturated rings. The normalized spacial score (nSPS) is 24.0. The molecule has 20 heavy (non-hydrogen) atoms. The molecule has 1 saturated heterocycles.